The van der Waals surface area contributed by atoms with Crippen LogP contribution in [0.15, 0.2) is 54.6 Å². The quantitative estimate of drug-likeness (QED) is 0.457. The fourth-order valence-electron chi connectivity index (χ4n) is 5.26. The van der Waals surface area contributed by atoms with Crippen LogP contribution in [0, 0.1) is 10.1 Å². The molecule has 3 heterocycles. The zero-order valence-electron chi connectivity index (χ0n) is 20.3. The van der Waals surface area contributed by atoms with Gasteiger partial charge in [-0.25, -0.2) is 0 Å². The van der Waals surface area contributed by atoms with E-state index >= 15 is 0 Å². The third kappa shape index (κ3) is 4.79. The highest BCUT2D eigenvalue weighted by Gasteiger charge is 2.55. The maximum atomic E-state index is 13.8. The van der Waals surface area contributed by atoms with E-state index in [9.17, 15) is 24.5 Å². The van der Waals surface area contributed by atoms with E-state index in [0.29, 0.717) is 44.7 Å². The molecular weight excluding hydrogens is 480 g/mol. The maximum absolute atomic E-state index is 13.8. The molecule has 37 heavy (non-hydrogen) atoms. The van der Waals surface area contributed by atoms with Crippen LogP contribution >= 0.6 is 0 Å². The lowest BCUT2D eigenvalue weighted by molar-refractivity contribution is -0.384. The molecule has 1 spiro atoms. The summed E-state index contributed by atoms with van der Waals surface area (Å²) in [6.45, 7) is 2.45. The standard InChI is InChI=1S/C26H28N4O7/c31-23(20-7-4-8-21(17-20)30(34)35)27-11-9-26(10-12-27)29(24(32)19-5-2-1-3-6-19)22(18-37-26)25(33)28-13-15-36-16-14-28/h1-8,17,22H,9-16,18H2. The number of nitro groups is 1. The normalized spacial score (nSPS) is 21.2. The van der Waals surface area contributed by atoms with E-state index in [1.165, 1.54) is 18.2 Å². The molecule has 3 aliphatic heterocycles. The second-order valence-corrected chi connectivity index (χ2v) is 9.35. The summed E-state index contributed by atoms with van der Waals surface area (Å²) in [6, 6.07) is 13.7. The molecule has 3 amide bonds. The Labute approximate surface area is 213 Å². The van der Waals surface area contributed by atoms with Gasteiger partial charge in [0.25, 0.3) is 17.5 Å². The van der Waals surface area contributed by atoms with Gasteiger partial charge in [-0.2, -0.15) is 0 Å². The van der Waals surface area contributed by atoms with E-state index < -0.39 is 16.7 Å². The van der Waals surface area contributed by atoms with E-state index in [4.69, 9.17) is 9.47 Å². The summed E-state index contributed by atoms with van der Waals surface area (Å²) in [7, 11) is 0. The minimum absolute atomic E-state index is 0.0770. The molecule has 2 aromatic carbocycles. The van der Waals surface area contributed by atoms with Crippen molar-refractivity contribution in [1.82, 2.24) is 14.7 Å². The number of carbonyl (C=O) groups excluding carboxylic acids is 3. The van der Waals surface area contributed by atoms with Crippen LogP contribution in [0.3, 0.4) is 0 Å². The second kappa shape index (κ2) is 10.3. The Morgan fingerprint density at radius 2 is 1.54 bits per heavy atom. The van der Waals surface area contributed by atoms with Crippen molar-refractivity contribution in [3.05, 3.63) is 75.8 Å². The van der Waals surface area contributed by atoms with Gasteiger partial charge in [0.15, 0.2) is 0 Å². The average Bonchev–Trinajstić information content (AvgIpc) is 3.31. The van der Waals surface area contributed by atoms with Gasteiger partial charge in [0.1, 0.15) is 11.8 Å². The molecule has 0 radical (unpaired) electrons. The summed E-state index contributed by atoms with van der Waals surface area (Å²) in [6.07, 6.45) is 0.637. The molecule has 0 N–H and O–H groups in total. The van der Waals surface area contributed by atoms with Crippen LogP contribution in [0.25, 0.3) is 0 Å². The van der Waals surface area contributed by atoms with Crippen molar-refractivity contribution >= 4 is 23.4 Å². The summed E-state index contributed by atoms with van der Waals surface area (Å²) in [4.78, 5) is 55.8. The first kappa shape index (κ1) is 24.8. The van der Waals surface area contributed by atoms with Gasteiger partial charge in [0.05, 0.1) is 24.7 Å². The third-order valence-corrected chi connectivity index (χ3v) is 7.24. The van der Waals surface area contributed by atoms with Crippen molar-refractivity contribution in [2.24, 2.45) is 0 Å². The molecule has 0 saturated carbocycles. The number of nitrogens with zero attached hydrogens (tertiary/aromatic N) is 4. The highest BCUT2D eigenvalue weighted by Crippen LogP contribution is 2.39. The van der Waals surface area contributed by atoms with E-state index in [2.05, 4.69) is 0 Å². The minimum atomic E-state index is -1.03. The van der Waals surface area contributed by atoms with Crippen molar-refractivity contribution in [3.63, 3.8) is 0 Å². The molecule has 5 rings (SSSR count). The first-order chi connectivity index (χ1) is 17.9. The molecule has 3 saturated heterocycles. The lowest BCUT2D eigenvalue weighted by Crippen LogP contribution is -2.60. The van der Waals surface area contributed by atoms with Gasteiger partial charge in [0, 0.05) is 62.3 Å². The zero-order chi connectivity index (χ0) is 26.0. The lowest BCUT2D eigenvalue weighted by Gasteiger charge is -2.45. The lowest BCUT2D eigenvalue weighted by atomic mass is 9.96. The minimum Gasteiger partial charge on any atom is -0.378 e. The number of rotatable bonds is 4. The van der Waals surface area contributed by atoms with Crippen molar-refractivity contribution in [2.75, 3.05) is 46.0 Å². The van der Waals surface area contributed by atoms with Crippen LogP contribution in [0.4, 0.5) is 5.69 Å². The molecule has 1 unspecified atom stereocenters. The Hall–Kier alpha value is -3.83. The number of amides is 3. The molecule has 11 nitrogen and oxygen atoms in total. The Morgan fingerprint density at radius 1 is 0.865 bits per heavy atom. The van der Waals surface area contributed by atoms with Crippen LogP contribution in [-0.4, -0.2) is 95.1 Å². The Morgan fingerprint density at radius 3 is 2.22 bits per heavy atom. The number of nitro benzene ring substituents is 1. The average molecular weight is 509 g/mol. The predicted molar refractivity (Wildman–Crippen MR) is 131 cm³/mol. The Bertz CT molecular complexity index is 1190. The van der Waals surface area contributed by atoms with Crippen LogP contribution in [0.2, 0.25) is 0 Å². The molecule has 1 atom stereocenters. The molecule has 0 aliphatic carbocycles. The van der Waals surface area contributed by atoms with Crippen molar-refractivity contribution in [2.45, 2.75) is 24.6 Å². The molecule has 11 heteroatoms. The van der Waals surface area contributed by atoms with Crippen LogP contribution in [0.5, 0.6) is 0 Å². The summed E-state index contributed by atoms with van der Waals surface area (Å²) in [5.41, 5.74) is -0.487. The number of benzene rings is 2. The number of non-ortho nitro benzene ring substituents is 1. The van der Waals surface area contributed by atoms with Gasteiger partial charge in [0.2, 0.25) is 5.91 Å². The fraction of sp³-hybridized carbons (Fsp3) is 0.423. The smallest absolute Gasteiger partial charge is 0.270 e. The summed E-state index contributed by atoms with van der Waals surface area (Å²) in [5.74, 6) is -0.777. The number of likely N-dealkylation sites (tertiary alicyclic amines) is 1. The molecule has 3 fully saturated rings. The SMILES string of the molecule is O=C(c1cccc([N+](=O)[O-])c1)N1CCC2(CC1)OCC(C(=O)N1CCOCC1)N2C(=O)c1ccccc1. The number of piperidine rings is 1. The van der Waals surface area contributed by atoms with Gasteiger partial charge in [-0.15, -0.1) is 0 Å². The van der Waals surface area contributed by atoms with Crippen LogP contribution in [0.1, 0.15) is 33.6 Å². The van der Waals surface area contributed by atoms with Gasteiger partial charge >= 0.3 is 0 Å². The Balaban J connectivity index is 1.37. The first-order valence-electron chi connectivity index (χ1n) is 12.3. The monoisotopic (exact) mass is 508 g/mol. The number of ether oxygens (including phenoxy) is 2. The Kier molecular flexibility index (Phi) is 6.90. The van der Waals surface area contributed by atoms with Crippen molar-refractivity contribution < 1.29 is 28.8 Å². The molecule has 0 aromatic heterocycles. The summed E-state index contributed by atoms with van der Waals surface area (Å²) < 4.78 is 11.6. The highest BCUT2D eigenvalue weighted by molar-refractivity contribution is 5.98. The molecule has 3 aliphatic rings. The van der Waals surface area contributed by atoms with Gasteiger partial charge in [-0.3, -0.25) is 29.4 Å². The molecular formula is C26H28N4O7. The molecule has 0 bridgehead atoms. The van der Waals surface area contributed by atoms with Crippen LogP contribution in [-0.2, 0) is 14.3 Å². The van der Waals surface area contributed by atoms with E-state index in [1.54, 1.807) is 45.0 Å². The van der Waals surface area contributed by atoms with Gasteiger partial charge in [-0.1, -0.05) is 24.3 Å². The van der Waals surface area contributed by atoms with E-state index in [0.717, 1.165) is 0 Å². The third-order valence-electron chi connectivity index (χ3n) is 7.24. The highest BCUT2D eigenvalue weighted by atomic mass is 16.6. The summed E-state index contributed by atoms with van der Waals surface area (Å²) in [5, 5.41) is 11.1. The molecule has 194 valence electrons. The predicted octanol–water partition coefficient (Wildman–Crippen LogP) is 1.93. The first-order valence-corrected chi connectivity index (χ1v) is 12.3. The van der Waals surface area contributed by atoms with Crippen molar-refractivity contribution in [3.8, 4) is 0 Å². The topological polar surface area (TPSA) is 123 Å². The number of hydrogen-bond acceptors (Lipinski definition) is 7. The largest absolute Gasteiger partial charge is 0.378 e. The fourth-order valence-corrected chi connectivity index (χ4v) is 5.26. The zero-order valence-corrected chi connectivity index (χ0v) is 20.3. The number of hydrogen-bond donors (Lipinski definition) is 0. The number of carbonyl (C=O) groups is 3. The van der Waals surface area contributed by atoms with Gasteiger partial charge < -0.3 is 19.3 Å². The second-order valence-electron chi connectivity index (χ2n) is 9.35. The summed E-state index contributed by atoms with van der Waals surface area (Å²) >= 11 is 0. The number of morpholine rings is 1. The molecule has 2 aromatic rings. The van der Waals surface area contributed by atoms with E-state index in [1.807, 2.05) is 6.07 Å². The van der Waals surface area contributed by atoms with E-state index in [-0.39, 0.29) is 48.7 Å². The van der Waals surface area contributed by atoms with Crippen molar-refractivity contribution in [1.29, 1.82) is 0 Å². The maximum Gasteiger partial charge on any atom is 0.270 e. The van der Waals surface area contributed by atoms with Crippen LogP contribution < -0.4 is 0 Å². The van der Waals surface area contributed by atoms with Gasteiger partial charge in [-0.05, 0) is 18.2 Å².